The third-order valence-corrected chi connectivity index (χ3v) is 2.89. The number of hydrogen-bond acceptors (Lipinski definition) is 2. The van der Waals surface area contributed by atoms with Gasteiger partial charge in [-0.1, -0.05) is 44.2 Å². The van der Waals surface area contributed by atoms with Crippen molar-refractivity contribution in [3.8, 4) is 5.75 Å². The molecule has 0 bridgehead atoms. The molecule has 0 atom stereocenters. The van der Waals surface area contributed by atoms with Gasteiger partial charge >= 0.3 is 0 Å². The minimum absolute atomic E-state index is 0.402. The summed E-state index contributed by atoms with van der Waals surface area (Å²) in [5.74, 6) is 1.32. The molecule has 0 aromatic heterocycles. The SMILES string of the molecule is CC(C)c1cc(N)ccc1OCc1ccccc1. The fraction of sp³-hybridized carbons (Fsp3) is 0.250. The van der Waals surface area contributed by atoms with Crippen LogP contribution in [0.15, 0.2) is 48.5 Å². The Morgan fingerprint density at radius 3 is 2.44 bits per heavy atom. The minimum Gasteiger partial charge on any atom is -0.489 e. The van der Waals surface area contributed by atoms with E-state index in [0.717, 1.165) is 17.0 Å². The molecule has 0 spiro atoms. The van der Waals surface area contributed by atoms with E-state index in [1.807, 2.05) is 36.4 Å². The number of nitrogen functional groups attached to an aromatic ring is 1. The summed E-state index contributed by atoms with van der Waals surface area (Å²) in [6, 6.07) is 16.0. The Kier molecular flexibility index (Phi) is 3.88. The van der Waals surface area contributed by atoms with Crippen LogP contribution >= 0.6 is 0 Å². The first-order chi connectivity index (χ1) is 8.66. The van der Waals surface area contributed by atoms with Crippen molar-refractivity contribution in [3.63, 3.8) is 0 Å². The van der Waals surface area contributed by atoms with Gasteiger partial charge in [-0.2, -0.15) is 0 Å². The van der Waals surface area contributed by atoms with Crippen molar-refractivity contribution in [2.24, 2.45) is 0 Å². The van der Waals surface area contributed by atoms with Gasteiger partial charge in [-0.15, -0.1) is 0 Å². The lowest BCUT2D eigenvalue weighted by atomic mass is 10.0. The first-order valence-electron chi connectivity index (χ1n) is 6.23. The predicted octanol–water partition coefficient (Wildman–Crippen LogP) is 3.97. The van der Waals surface area contributed by atoms with E-state index in [4.69, 9.17) is 10.5 Å². The molecular weight excluding hydrogens is 222 g/mol. The van der Waals surface area contributed by atoms with Crippen molar-refractivity contribution in [1.82, 2.24) is 0 Å². The highest BCUT2D eigenvalue weighted by Crippen LogP contribution is 2.29. The summed E-state index contributed by atoms with van der Waals surface area (Å²) in [5, 5.41) is 0. The smallest absolute Gasteiger partial charge is 0.123 e. The van der Waals surface area contributed by atoms with E-state index in [9.17, 15) is 0 Å². The molecule has 0 saturated heterocycles. The summed E-state index contributed by atoms with van der Waals surface area (Å²) in [4.78, 5) is 0. The second-order valence-corrected chi connectivity index (χ2v) is 4.73. The standard InChI is InChI=1S/C16H19NO/c1-12(2)15-10-14(17)8-9-16(15)18-11-13-6-4-3-5-7-13/h3-10,12H,11,17H2,1-2H3. The van der Waals surface area contributed by atoms with Gasteiger partial charge in [0.2, 0.25) is 0 Å². The van der Waals surface area contributed by atoms with Crippen molar-refractivity contribution in [2.75, 3.05) is 5.73 Å². The van der Waals surface area contributed by atoms with Crippen LogP contribution in [0.1, 0.15) is 30.9 Å². The summed E-state index contributed by atoms with van der Waals surface area (Å²) in [6.07, 6.45) is 0. The zero-order valence-corrected chi connectivity index (χ0v) is 10.9. The van der Waals surface area contributed by atoms with Gasteiger partial charge in [0.25, 0.3) is 0 Å². The van der Waals surface area contributed by atoms with Crippen LogP contribution < -0.4 is 10.5 Å². The highest BCUT2D eigenvalue weighted by molar-refractivity contribution is 5.49. The average Bonchev–Trinajstić information content (AvgIpc) is 2.38. The largest absolute Gasteiger partial charge is 0.489 e. The Morgan fingerprint density at radius 2 is 1.78 bits per heavy atom. The van der Waals surface area contributed by atoms with Gasteiger partial charge in [0.1, 0.15) is 12.4 Å². The van der Waals surface area contributed by atoms with Crippen molar-refractivity contribution in [3.05, 3.63) is 59.7 Å². The van der Waals surface area contributed by atoms with Crippen LogP contribution in [0, 0.1) is 0 Å². The maximum atomic E-state index is 5.88. The first kappa shape index (κ1) is 12.5. The number of nitrogens with two attached hydrogens (primary N) is 1. The molecular formula is C16H19NO. The first-order valence-corrected chi connectivity index (χ1v) is 6.23. The number of anilines is 1. The predicted molar refractivity (Wildman–Crippen MR) is 75.7 cm³/mol. The molecule has 0 radical (unpaired) electrons. The summed E-state index contributed by atoms with van der Waals surface area (Å²) in [5.41, 5.74) is 8.93. The lowest BCUT2D eigenvalue weighted by Crippen LogP contribution is -2.00. The Morgan fingerprint density at radius 1 is 1.06 bits per heavy atom. The van der Waals surface area contributed by atoms with Crippen LogP contribution in [0.3, 0.4) is 0 Å². The monoisotopic (exact) mass is 241 g/mol. The molecule has 0 unspecified atom stereocenters. The van der Waals surface area contributed by atoms with E-state index in [0.29, 0.717) is 12.5 Å². The van der Waals surface area contributed by atoms with Gasteiger partial charge in [0.15, 0.2) is 0 Å². The van der Waals surface area contributed by atoms with E-state index >= 15 is 0 Å². The molecule has 0 fully saturated rings. The van der Waals surface area contributed by atoms with Crippen LogP contribution in [-0.2, 0) is 6.61 Å². The Labute approximate surface area is 108 Å². The molecule has 2 rings (SSSR count). The van der Waals surface area contributed by atoms with E-state index in [1.165, 1.54) is 5.56 Å². The average molecular weight is 241 g/mol. The van der Waals surface area contributed by atoms with E-state index in [2.05, 4.69) is 26.0 Å². The molecule has 0 heterocycles. The molecule has 2 aromatic rings. The van der Waals surface area contributed by atoms with Crippen LogP contribution in [0.2, 0.25) is 0 Å². The lowest BCUT2D eigenvalue weighted by molar-refractivity contribution is 0.302. The molecule has 0 aliphatic rings. The summed E-state index contributed by atoms with van der Waals surface area (Å²) < 4.78 is 5.88. The number of benzene rings is 2. The van der Waals surface area contributed by atoms with E-state index in [1.54, 1.807) is 0 Å². The quantitative estimate of drug-likeness (QED) is 0.822. The Bertz CT molecular complexity index is 506. The minimum atomic E-state index is 0.402. The van der Waals surface area contributed by atoms with Crippen LogP contribution in [-0.4, -0.2) is 0 Å². The highest BCUT2D eigenvalue weighted by Gasteiger charge is 2.08. The van der Waals surface area contributed by atoms with Gasteiger partial charge in [0.05, 0.1) is 0 Å². The third kappa shape index (κ3) is 3.04. The molecule has 2 heteroatoms. The topological polar surface area (TPSA) is 35.2 Å². The second-order valence-electron chi connectivity index (χ2n) is 4.73. The van der Waals surface area contributed by atoms with E-state index in [-0.39, 0.29) is 0 Å². The number of ether oxygens (including phenoxy) is 1. The molecule has 2 nitrogen and oxygen atoms in total. The van der Waals surface area contributed by atoms with Gasteiger partial charge in [0, 0.05) is 5.69 Å². The lowest BCUT2D eigenvalue weighted by Gasteiger charge is -2.14. The third-order valence-electron chi connectivity index (χ3n) is 2.89. The van der Waals surface area contributed by atoms with Crippen LogP contribution in [0.4, 0.5) is 5.69 Å². The number of hydrogen-bond donors (Lipinski definition) is 1. The van der Waals surface area contributed by atoms with Crippen molar-refractivity contribution < 1.29 is 4.74 Å². The van der Waals surface area contributed by atoms with Gasteiger partial charge in [-0.25, -0.2) is 0 Å². The highest BCUT2D eigenvalue weighted by atomic mass is 16.5. The zero-order valence-electron chi connectivity index (χ0n) is 10.9. The fourth-order valence-corrected chi connectivity index (χ4v) is 1.88. The maximum Gasteiger partial charge on any atom is 0.123 e. The molecule has 0 aliphatic carbocycles. The zero-order chi connectivity index (χ0) is 13.0. The molecule has 2 N–H and O–H groups in total. The maximum absolute atomic E-state index is 5.88. The van der Waals surface area contributed by atoms with Crippen molar-refractivity contribution >= 4 is 5.69 Å². The molecule has 0 aliphatic heterocycles. The molecule has 18 heavy (non-hydrogen) atoms. The van der Waals surface area contributed by atoms with Gasteiger partial charge < -0.3 is 10.5 Å². The Balaban J connectivity index is 2.14. The fourth-order valence-electron chi connectivity index (χ4n) is 1.88. The normalized spacial score (nSPS) is 10.6. The van der Waals surface area contributed by atoms with Gasteiger partial charge in [-0.05, 0) is 35.2 Å². The van der Waals surface area contributed by atoms with Crippen molar-refractivity contribution in [2.45, 2.75) is 26.4 Å². The van der Waals surface area contributed by atoms with Crippen molar-refractivity contribution in [1.29, 1.82) is 0 Å². The molecule has 0 amide bonds. The number of rotatable bonds is 4. The molecule has 94 valence electrons. The van der Waals surface area contributed by atoms with Crippen LogP contribution in [0.5, 0.6) is 5.75 Å². The summed E-state index contributed by atoms with van der Waals surface area (Å²) in [7, 11) is 0. The van der Waals surface area contributed by atoms with Crippen LogP contribution in [0.25, 0.3) is 0 Å². The summed E-state index contributed by atoms with van der Waals surface area (Å²) >= 11 is 0. The second kappa shape index (κ2) is 5.58. The Hall–Kier alpha value is -1.96. The van der Waals surface area contributed by atoms with E-state index < -0.39 is 0 Å². The molecule has 0 saturated carbocycles. The summed E-state index contributed by atoms with van der Waals surface area (Å²) in [6.45, 7) is 4.87. The molecule has 2 aromatic carbocycles. The van der Waals surface area contributed by atoms with Gasteiger partial charge in [-0.3, -0.25) is 0 Å².